The Balaban J connectivity index is 0.00000200. The van der Waals surface area contributed by atoms with Crippen LogP contribution in [-0.2, 0) is 0 Å². The number of para-hydroxylation sites is 1. The predicted molar refractivity (Wildman–Crippen MR) is 74.9 cm³/mol. The van der Waals surface area contributed by atoms with E-state index in [1.165, 1.54) is 0 Å². The van der Waals surface area contributed by atoms with Crippen molar-refractivity contribution in [2.75, 3.05) is 27.3 Å². The standard InChI is InChI=1S/C14H19NO4.H2O/c1-18-12-8-6-7-11(13(12)19-2)15(14(16)17)9-4-3-5-10-15;/h6-8H,3-5,9-10H2,1-2H3;1H2. The zero-order valence-electron chi connectivity index (χ0n) is 11.8. The molecule has 1 heterocycles. The molecule has 112 valence electrons. The van der Waals surface area contributed by atoms with E-state index in [-0.39, 0.29) is 9.96 Å². The SMILES string of the molecule is COc1cccc([N+]2(C(=O)O)CCCCC2)c1OC.[OH-]. The zero-order chi connectivity index (χ0) is 13.9. The number of ether oxygens (including phenoxy) is 2. The topological polar surface area (TPSA) is 85.8 Å². The van der Waals surface area contributed by atoms with Gasteiger partial charge in [-0.15, -0.1) is 0 Å². The Labute approximate surface area is 118 Å². The van der Waals surface area contributed by atoms with Gasteiger partial charge < -0.3 is 20.1 Å². The van der Waals surface area contributed by atoms with Gasteiger partial charge in [0.15, 0.2) is 11.4 Å². The van der Waals surface area contributed by atoms with E-state index >= 15 is 0 Å². The second kappa shape index (κ2) is 6.58. The summed E-state index contributed by atoms with van der Waals surface area (Å²) < 4.78 is 10.6. The zero-order valence-corrected chi connectivity index (χ0v) is 11.8. The molecule has 0 bridgehead atoms. The van der Waals surface area contributed by atoms with Crippen molar-refractivity contribution in [1.82, 2.24) is 4.48 Å². The molecular formula is C14H21NO5. The molecule has 0 saturated carbocycles. The van der Waals surface area contributed by atoms with Crippen LogP contribution in [0.5, 0.6) is 11.5 Å². The quantitative estimate of drug-likeness (QED) is 0.862. The molecule has 0 radical (unpaired) electrons. The third-order valence-corrected chi connectivity index (χ3v) is 3.79. The Morgan fingerprint density at radius 2 is 1.80 bits per heavy atom. The smallest absolute Gasteiger partial charge is 0.518 e. The van der Waals surface area contributed by atoms with Crippen molar-refractivity contribution in [3.63, 3.8) is 0 Å². The maximum atomic E-state index is 11.8. The number of hydrogen-bond donors (Lipinski definition) is 1. The van der Waals surface area contributed by atoms with E-state index in [0.717, 1.165) is 19.3 Å². The lowest BCUT2D eigenvalue weighted by atomic mass is 10.1. The molecule has 1 aliphatic heterocycles. The highest BCUT2D eigenvalue weighted by atomic mass is 16.5. The summed E-state index contributed by atoms with van der Waals surface area (Å²) in [7, 11) is 3.10. The number of hydrogen-bond acceptors (Lipinski definition) is 4. The summed E-state index contributed by atoms with van der Waals surface area (Å²) in [6.45, 7) is 1.19. The lowest BCUT2D eigenvalue weighted by Gasteiger charge is -2.36. The van der Waals surface area contributed by atoms with Crippen LogP contribution in [0.3, 0.4) is 0 Å². The van der Waals surface area contributed by atoms with Crippen LogP contribution in [0.25, 0.3) is 0 Å². The van der Waals surface area contributed by atoms with E-state index in [1.54, 1.807) is 20.3 Å². The summed E-state index contributed by atoms with van der Waals surface area (Å²) in [6.07, 6.45) is 2.07. The molecule has 1 fully saturated rings. The average molecular weight is 283 g/mol. The maximum absolute atomic E-state index is 11.8. The number of rotatable bonds is 3. The van der Waals surface area contributed by atoms with Crippen molar-refractivity contribution in [2.45, 2.75) is 19.3 Å². The number of piperidine rings is 1. The van der Waals surface area contributed by atoms with Gasteiger partial charge in [-0.05, 0) is 25.3 Å². The van der Waals surface area contributed by atoms with Crippen molar-refractivity contribution in [2.24, 2.45) is 0 Å². The molecule has 1 aromatic carbocycles. The summed E-state index contributed by atoms with van der Waals surface area (Å²) >= 11 is 0. The van der Waals surface area contributed by atoms with E-state index < -0.39 is 6.09 Å². The lowest BCUT2D eigenvalue weighted by molar-refractivity contribution is 0.135. The molecule has 2 N–H and O–H groups in total. The van der Waals surface area contributed by atoms with Crippen LogP contribution in [0.2, 0.25) is 0 Å². The van der Waals surface area contributed by atoms with Gasteiger partial charge in [-0.3, -0.25) is 0 Å². The van der Waals surface area contributed by atoms with Gasteiger partial charge in [0, 0.05) is 6.07 Å². The molecule has 0 aromatic heterocycles. The van der Waals surface area contributed by atoms with Crippen LogP contribution in [0.4, 0.5) is 10.5 Å². The van der Waals surface area contributed by atoms with Gasteiger partial charge in [-0.25, -0.2) is 0 Å². The minimum Gasteiger partial charge on any atom is -0.870 e. The number of quaternary nitrogens is 1. The van der Waals surface area contributed by atoms with Crippen LogP contribution < -0.4 is 14.0 Å². The number of nitrogens with zero attached hydrogens (tertiary/aromatic N) is 1. The molecule has 1 aliphatic rings. The molecule has 6 nitrogen and oxygen atoms in total. The summed E-state index contributed by atoms with van der Waals surface area (Å²) in [6, 6.07) is 5.42. The minimum atomic E-state index is -0.828. The van der Waals surface area contributed by atoms with Crippen molar-refractivity contribution in [1.29, 1.82) is 0 Å². The molecule has 1 amide bonds. The molecule has 6 heteroatoms. The number of carboxylic acid groups (broad SMARTS) is 1. The van der Waals surface area contributed by atoms with Gasteiger partial charge in [0.2, 0.25) is 5.75 Å². The Morgan fingerprint density at radius 1 is 1.15 bits per heavy atom. The number of benzene rings is 1. The monoisotopic (exact) mass is 283 g/mol. The molecule has 2 rings (SSSR count). The Morgan fingerprint density at radius 3 is 2.30 bits per heavy atom. The molecule has 0 unspecified atom stereocenters. The van der Waals surface area contributed by atoms with E-state index in [0.29, 0.717) is 30.3 Å². The molecule has 1 saturated heterocycles. The van der Waals surface area contributed by atoms with E-state index in [9.17, 15) is 9.90 Å². The van der Waals surface area contributed by atoms with Crippen LogP contribution in [0.1, 0.15) is 19.3 Å². The first-order chi connectivity index (χ1) is 9.15. The average Bonchev–Trinajstić information content (AvgIpc) is 2.46. The van der Waals surface area contributed by atoms with Gasteiger partial charge in [-0.1, -0.05) is 6.07 Å². The van der Waals surface area contributed by atoms with Crippen molar-refractivity contribution >= 4 is 11.8 Å². The fraction of sp³-hybridized carbons (Fsp3) is 0.500. The molecule has 1 aromatic rings. The highest BCUT2D eigenvalue weighted by molar-refractivity contribution is 5.84. The molecule has 0 aliphatic carbocycles. The predicted octanol–water partition coefficient (Wildman–Crippen LogP) is 2.70. The first-order valence-corrected chi connectivity index (χ1v) is 6.48. The highest BCUT2D eigenvalue weighted by Crippen LogP contribution is 2.42. The van der Waals surface area contributed by atoms with Crippen LogP contribution >= 0.6 is 0 Å². The number of amides is 1. The first-order valence-electron chi connectivity index (χ1n) is 6.48. The van der Waals surface area contributed by atoms with Gasteiger partial charge in [0.25, 0.3) is 0 Å². The largest absolute Gasteiger partial charge is 0.870 e. The number of methoxy groups -OCH3 is 2. The third-order valence-electron chi connectivity index (χ3n) is 3.79. The minimum absolute atomic E-state index is 0. The van der Waals surface area contributed by atoms with Crippen LogP contribution in [-0.4, -0.2) is 44.0 Å². The lowest BCUT2D eigenvalue weighted by Crippen LogP contribution is -2.56. The van der Waals surface area contributed by atoms with E-state index in [1.807, 2.05) is 12.1 Å². The maximum Gasteiger partial charge on any atom is 0.518 e. The first kappa shape index (κ1) is 16.3. The fourth-order valence-electron chi connectivity index (χ4n) is 2.79. The summed E-state index contributed by atoms with van der Waals surface area (Å²) in [4.78, 5) is 11.8. The fourth-order valence-corrected chi connectivity index (χ4v) is 2.79. The van der Waals surface area contributed by atoms with Gasteiger partial charge in [-0.2, -0.15) is 9.28 Å². The third kappa shape index (κ3) is 2.57. The number of carbonyl (C=O) groups is 1. The summed E-state index contributed by atoms with van der Waals surface area (Å²) in [5, 5.41) is 9.70. The van der Waals surface area contributed by atoms with E-state index in [4.69, 9.17) is 9.47 Å². The Bertz CT molecular complexity index is 469. The summed E-state index contributed by atoms with van der Waals surface area (Å²) in [5.74, 6) is 1.10. The van der Waals surface area contributed by atoms with Gasteiger partial charge in [0.05, 0.1) is 27.3 Å². The molecule has 0 spiro atoms. The van der Waals surface area contributed by atoms with Crippen molar-refractivity contribution in [3.8, 4) is 11.5 Å². The second-order valence-electron chi connectivity index (χ2n) is 4.77. The molecule has 0 atom stereocenters. The highest BCUT2D eigenvalue weighted by Gasteiger charge is 2.43. The number of likely N-dealkylation sites (tertiary alicyclic amines) is 1. The van der Waals surface area contributed by atoms with E-state index in [2.05, 4.69) is 0 Å². The van der Waals surface area contributed by atoms with Crippen molar-refractivity contribution < 1.29 is 24.9 Å². The Hall–Kier alpha value is -1.79. The van der Waals surface area contributed by atoms with Crippen LogP contribution in [0, 0.1) is 0 Å². The van der Waals surface area contributed by atoms with Crippen molar-refractivity contribution in [3.05, 3.63) is 18.2 Å². The normalized spacial score (nSPS) is 16.9. The Kier molecular flexibility index (Phi) is 5.35. The molecular weight excluding hydrogens is 262 g/mol. The van der Waals surface area contributed by atoms with Gasteiger partial charge >= 0.3 is 6.09 Å². The van der Waals surface area contributed by atoms with Gasteiger partial charge in [0.1, 0.15) is 0 Å². The second-order valence-corrected chi connectivity index (χ2v) is 4.77. The molecule has 20 heavy (non-hydrogen) atoms. The summed E-state index contributed by atoms with van der Waals surface area (Å²) in [5.41, 5.74) is 0.675. The van der Waals surface area contributed by atoms with Crippen LogP contribution in [0.15, 0.2) is 18.2 Å².